The topological polar surface area (TPSA) is 61.6 Å². The summed E-state index contributed by atoms with van der Waals surface area (Å²) in [5.74, 6) is 0.563. The molecule has 1 aliphatic heterocycles. The highest BCUT2D eigenvalue weighted by Crippen LogP contribution is 2.29. The van der Waals surface area contributed by atoms with Gasteiger partial charge in [-0.3, -0.25) is 10.1 Å². The Hall–Kier alpha value is -1.33. The van der Waals surface area contributed by atoms with Crippen LogP contribution in [0.5, 0.6) is 5.75 Å². The zero-order chi connectivity index (χ0) is 12.3. The summed E-state index contributed by atoms with van der Waals surface area (Å²) in [7, 11) is 0. The minimum Gasteiger partial charge on any atom is -0.490 e. The van der Waals surface area contributed by atoms with Crippen molar-refractivity contribution in [3.05, 3.63) is 33.3 Å². The molecular formula is C11H12ClNO4. The SMILES string of the molecule is O=[N+]([O-])c1ccc(OC2CCOCC2)cc1Cl. The lowest BCUT2D eigenvalue weighted by Gasteiger charge is -2.23. The van der Waals surface area contributed by atoms with Crippen LogP contribution in [0.4, 0.5) is 5.69 Å². The summed E-state index contributed by atoms with van der Waals surface area (Å²) in [4.78, 5) is 10.1. The molecule has 0 amide bonds. The summed E-state index contributed by atoms with van der Waals surface area (Å²) in [5, 5.41) is 10.7. The monoisotopic (exact) mass is 257 g/mol. The molecule has 1 heterocycles. The lowest BCUT2D eigenvalue weighted by atomic mass is 10.1. The molecule has 0 aromatic heterocycles. The van der Waals surface area contributed by atoms with Crippen molar-refractivity contribution < 1.29 is 14.4 Å². The Labute approximate surface area is 103 Å². The van der Waals surface area contributed by atoms with Crippen LogP contribution in [0.1, 0.15) is 12.8 Å². The summed E-state index contributed by atoms with van der Waals surface area (Å²) in [6.45, 7) is 1.37. The second kappa shape index (κ2) is 5.33. The molecule has 0 N–H and O–H groups in total. The zero-order valence-corrected chi connectivity index (χ0v) is 9.85. The van der Waals surface area contributed by atoms with Crippen molar-refractivity contribution in [2.75, 3.05) is 13.2 Å². The molecule has 0 radical (unpaired) electrons. The van der Waals surface area contributed by atoms with E-state index in [9.17, 15) is 10.1 Å². The first-order valence-electron chi connectivity index (χ1n) is 5.35. The molecule has 17 heavy (non-hydrogen) atoms. The van der Waals surface area contributed by atoms with E-state index in [1.54, 1.807) is 6.07 Å². The van der Waals surface area contributed by atoms with E-state index in [0.717, 1.165) is 12.8 Å². The van der Waals surface area contributed by atoms with Crippen molar-refractivity contribution in [3.8, 4) is 5.75 Å². The maximum absolute atomic E-state index is 10.6. The average molecular weight is 258 g/mol. The van der Waals surface area contributed by atoms with Crippen LogP contribution >= 0.6 is 11.6 Å². The quantitative estimate of drug-likeness (QED) is 0.617. The number of rotatable bonds is 3. The molecule has 1 aromatic carbocycles. The standard InChI is InChI=1S/C11H12ClNO4/c12-10-7-9(1-2-11(10)13(14)15)17-8-3-5-16-6-4-8/h1-2,7-8H,3-6H2. The molecule has 0 aliphatic carbocycles. The molecule has 0 saturated carbocycles. The van der Waals surface area contributed by atoms with Crippen molar-refractivity contribution in [1.82, 2.24) is 0 Å². The number of nitro groups is 1. The molecule has 92 valence electrons. The molecule has 1 fully saturated rings. The third kappa shape index (κ3) is 3.08. The Bertz CT molecular complexity index is 418. The van der Waals surface area contributed by atoms with E-state index in [2.05, 4.69) is 0 Å². The molecule has 1 saturated heterocycles. The van der Waals surface area contributed by atoms with Gasteiger partial charge in [-0.05, 0) is 6.07 Å². The van der Waals surface area contributed by atoms with E-state index < -0.39 is 4.92 Å². The normalized spacial score (nSPS) is 16.8. The fourth-order valence-electron chi connectivity index (χ4n) is 1.70. The minimum atomic E-state index is -0.513. The van der Waals surface area contributed by atoms with E-state index in [-0.39, 0.29) is 16.8 Å². The van der Waals surface area contributed by atoms with Gasteiger partial charge in [0.05, 0.1) is 18.1 Å². The van der Waals surface area contributed by atoms with Gasteiger partial charge in [0, 0.05) is 25.0 Å². The van der Waals surface area contributed by atoms with Crippen molar-refractivity contribution in [3.63, 3.8) is 0 Å². The number of nitrogens with zero attached hydrogens (tertiary/aromatic N) is 1. The molecular weight excluding hydrogens is 246 g/mol. The number of hydrogen-bond donors (Lipinski definition) is 0. The third-order valence-electron chi connectivity index (χ3n) is 2.59. The minimum absolute atomic E-state index is 0.0968. The first kappa shape index (κ1) is 12.1. The molecule has 5 nitrogen and oxygen atoms in total. The van der Waals surface area contributed by atoms with Gasteiger partial charge in [-0.15, -0.1) is 0 Å². The summed E-state index contributed by atoms with van der Waals surface area (Å²) in [6.07, 6.45) is 1.75. The molecule has 1 aromatic rings. The second-order valence-electron chi connectivity index (χ2n) is 3.80. The molecule has 0 unspecified atom stereocenters. The molecule has 0 bridgehead atoms. The van der Waals surface area contributed by atoms with Crippen molar-refractivity contribution in [2.24, 2.45) is 0 Å². The largest absolute Gasteiger partial charge is 0.490 e. The summed E-state index contributed by atoms with van der Waals surface area (Å²) in [5.41, 5.74) is -0.106. The van der Waals surface area contributed by atoms with Crippen LogP contribution in [0.25, 0.3) is 0 Å². The summed E-state index contributed by atoms with van der Waals surface area (Å²) in [6, 6.07) is 4.41. The van der Waals surface area contributed by atoms with Gasteiger partial charge in [0.25, 0.3) is 5.69 Å². The van der Waals surface area contributed by atoms with Gasteiger partial charge in [0.1, 0.15) is 16.9 Å². The van der Waals surface area contributed by atoms with Gasteiger partial charge < -0.3 is 9.47 Å². The average Bonchev–Trinajstić information content (AvgIpc) is 2.30. The number of nitro benzene ring substituents is 1. The third-order valence-corrected chi connectivity index (χ3v) is 2.89. The molecule has 0 atom stereocenters. The summed E-state index contributed by atoms with van der Waals surface area (Å²) < 4.78 is 10.9. The van der Waals surface area contributed by atoms with Crippen LogP contribution < -0.4 is 4.74 Å². The van der Waals surface area contributed by atoms with Crippen molar-refractivity contribution in [2.45, 2.75) is 18.9 Å². The molecule has 0 spiro atoms. The highest BCUT2D eigenvalue weighted by atomic mass is 35.5. The van der Waals surface area contributed by atoms with Crippen molar-refractivity contribution >= 4 is 17.3 Å². The van der Waals surface area contributed by atoms with Gasteiger partial charge >= 0.3 is 0 Å². The van der Waals surface area contributed by atoms with Crippen LogP contribution in [0.2, 0.25) is 5.02 Å². The molecule has 6 heteroatoms. The lowest BCUT2D eigenvalue weighted by molar-refractivity contribution is -0.384. The van der Waals surface area contributed by atoms with Crippen LogP contribution in [0.15, 0.2) is 18.2 Å². The Morgan fingerprint density at radius 3 is 2.71 bits per heavy atom. The fraction of sp³-hybridized carbons (Fsp3) is 0.455. The van der Waals surface area contributed by atoms with Gasteiger partial charge in [-0.25, -0.2) is 0 Å². The van der Waals surface area contributed by atoms with Crippen LogP contribution in [-0.2, 0) is 4.74 Å². The van der Waals surface area contributed by atoms with Gasteiger partial charge in [0.15, 0.2) is 0 Å². The van der Waals surface area contributed by atoms with E-state index in [0.29, 0.717) is 19.0 Å². The zero-order valence-electron chi connectivity index (χ0n) is 9.10. The van der Waals surface area contributed by atoms with Crippen LogP contribution in [-0.4, -0.2) is 24.2 Å². The highest BCUT2D eigenvalue weighted by Gasteiger charge is 2.17. The number of benzene rings is 1. The maximum atomic E-state index is 10.6. The number of halogens is 1. The second-order valence-corrected chi connectivity index (χ2v) is 4.21. The summed E-state index contributed by atoms with van der Waals surface area (Å²) >= 11 is 5.80. The predicted molar refractivity (Wildman–Crippen MR) is 62.6 cm³/mol. The first-order chi connectivity index (χ1) is 8.16. The van der Waals surface area contributed by atoms with Crippen molar-refractivity contribution in [1.29, 1.82) is 0 Å². The smallest absolute Gasteiger partial charge is 0.288 e. The Kier molecular flexibility index (Phi) is 3.81. The van der Waals surface area contributed by atoms with Gasteiger partial charge in [-0.1, -0.05) is 11.6 Å². The Morgan fingerprint density at radius 1 is 1.41 bits per heavy atom. The van der Waals surface area contributed by atoms with E-state index in [1.165, 1.54) is 12.1 Å². The van der Waals surface area contributed by atoms with Gasteiger partial charge in [0.2, 0.25) is 0 Å². The molecule has 2 rings (SSSR count). The Morgan fingerprint density at radius 2 is 2.12 bits per heavy atom. The van der Waals surface area contributed by atoms with E-state index in [1.807, 2.05) is 0 Å². The predicted octanol–water partition coefficient (Wildman–Crippen LogP) is 2.81. The number of ether oxygens (including phenoxy) is 2. The highest BCUT2D eigenvalue weighted by molar-refractivity contribution is 6.32. The van der Waals surface area contributed by atoms with Gasteiger partial charge in [-0.2, -0.15) is 0 Å². The van der Waals surface area contributed by atoms with E-state index >= 15 is 0 Å². The lowest BCUT2D eigenvalue weighted by Crippen LogP contribution is -2.25. The maximum Gasteiger partial charge on any atom is 0.288 e. The molecule has 1 aliphatic rings. The van der Waals surface area contributed by atoms with Crippen LogP contribution in [0, 0.1) is 10.1 Å². The van der Waals surface area contributed by atoms with E-state index in [4.69, 9.17) is 21.1 Å². The fourth-order valence-corrected chi connectivity index (χ4v) is 1.93. The Balaban J connectivity index is 2.06. The van der Waals surface area contributed by atoms with Crippen LogP contribution in [0.3, 0.4) is 0 Å². The number of hydrogen-bond acceptors (Lipinski definition) is 4. The first-order valence-corrected chi connectivity index (χ1v) is 5.73.